The Kier molecular flexibility index (Phi) is 5.55. The Hall–Kier alpha value is -0.700. The maximum atomic E-state index is 4.37. The smallest absolute Gasteiger partial charge is 0.150 e. The van der Waals surface area contributed by atoms with Crippen LogP contribution in [0.5, 0.6) is 0 Å². The molecule has 0 saturated carbocycles. The first-order valence-corrected chi connectivity index (χ1v) is 4.55. The largest absolute Gasteiger partial charge is 0.368 e. The monoisotopic (exact) mass is 203 g/mol. The van der Waals surface area contributed by atoms with Gasteiger partial charge < -0.3 is 5.32 Å². The highest BCUT2D eigenvalue weighted by Gasteiger charge is 2.01. The quantitative estimate of drug-likeness (QED) is 0.815. The van der Waals surface area contributed by atoms with Gasteiger partial charge in [-0.05, 0) is 20.3 Å². The molecule has 0 bridgehead atoms. The lowest BCUT2D eigenvalue weighted by Crippen LogP contribution is -2.02. The minimum Gasteiger partial charge on any atom is -0.368 e. The van der Waals surface area contributed by atoms with Gasteiger partial charge in [0.25, 0.3) is 0 Å². The molecule has 0 aliphatic heterocycles. The van der Waals surface area contributed by atoms with Crippen LogP contribution in [-0.2, 0) is 6.54 Å². The van der Waals surface area contributed by atoms with Gasteiger partial charge in [-0.15, -0.1) is 12.4 Å². The Balaban J connectivity index is 0.00000144. The molecule has 76 valence electrons. The summed E-state index contributed by atoms with van der Waals surface area (Å²) < 4.78 is 1.95. The van der Waals surface area contributed by atoms with Gasteiger partial charge in [-0.2, -0.15) is 5.10 Å². The highest BCUT2D eigenvalue weighted by molar-refractivity contribution is 5.85. The molecule has 4 heteroatoms. The van der Waals surface area contributed by atoms with E-state index in [2.05, 4.69) is 37.4 Å². The van der Waals surface area contributed by atoms with Crippen LogP contribution in [0.15, 0.2) is 6.20 Å². The third-order valence-electron chi connectivity index (χ3n) is 1.81. The normalized spacial score (nSPS) is 9.46. The molecule has 1 aromatic heterocycles. The third-order valence-corrected chi connectivity index (χ3v) is 1.81. The zero-order valence-corrected chi connectivity index (χ0v) is 9.32. The van der Waals surface area contributed by atoms with Gasteiger partial charge in [0.2, 0.25) is 0 Å². The highest BCUT2D eigenvalue weighted by atomic mass is 35.5. The van der Waals surface area contributed by atoms with Crippen LogP contribution < -0.4 is 5.32 Å². The molecule has 0 aliphatic rings. The lowest BCUT2D eigenvalue weighted by molar-refractivity contribution is 0.660. The molecular formula is C9H18ClN3. The van der Waals surface area contributed by atoms with Crippen molar-refractivity contribution in [2.45, 2.75) is 33.7 Å². The van der Waals surface area contributed by atoms with Crippen LogP contribution in [0.4, 0.5) is 5.82 Å². The van der Waals surface area contributed by atoms with Gasteiger partial charge in [0.05, 0.1) is 0 Å². The molecule has 0 spiro atoms. The lowest BCUT2D eigenvalue weighted by atomic mass is 10.3. The van der Waals surface area contributed by atoms with Gasteiger partial charge in [-0.3, -0.25) is 4.68 Å². The number of hydrogen-bond donors (Lipinski definition) is 1. The molecule has 0 radical (unpaired) electrons. The number of anilines is 1. The van der Waals surface area contributed by atoms with Crippen LogP contribution in [0.1, 0.15) is 25.8 Å². The molecule has 0 aliphatic carbocycles. The molecule has 1 rings (SSSR count). The summed E-state index contributed by atoms with van der Waals surface area (Å²) in [5.74, 6) is 1.03. The van der Waals surface area contributed by atoms with Crippen molar-refractivity contribution in [3.63, 3.8) is 0 Å². The number of aryl methyl sites for hydroxylation is 2. The molecule has 0 fully saturated rings. The van der Waals surface area contributed by atoms with Crippen LogP contribution in [0.3, 0.4) is 0 Å². The maximum Gasteiger partial charge on any atom is 0.150 e. The van der Waals surface area contributed by atoms with E-state index in [0.29, 0.717) is 0 Å². The molecule has 0 unspecified atom stereocenters. The summed E-state index contributed by atoms with van der Waals surface area (Å²) in [6, 6.07) is 0. The second kappa shape index (κ2) is 5.86. The summed E-state index contributed by atoms with van der Waals surface area (Å²) in [6.07, 6.45) is 3.20. The van der Waals surface area contributed by atoms with E-state index < -0.39 is 0 Å². The number of nitrogens with zero attached hydrogens (tertiary/aromatic N) is 2. The van der Waals surface area contributed by atoms with Crippen molar-refractivity contribution in [2.75, 3.05) is 11.9 Å². The minimum atomic E-state index is 0. The van der Waals surface area contributed by atoms with Gasteiger partial charge in [0.1, 0.15) is 0 Å². The molecule has 0 atom stereocenters. The van der Waals surface area contributed by atoms with Crippen molar-refractivity contribution in [2.24, 2.45) is 0 Å². The Morgan fingerprint density at radius 3 is 2.62 bits per heavy atom. The summed E-state index contributed by atoms with van der Waals surface area (Å²) in [5, 5.41) is 7.66. The average molecular weight is 204 g/mol. The van der Waals surface area contributed by atoms with Gasteiger partial charge >= 0.3 is 0 Å². The first-order valence-electron chi connectivity index (χ1n) is 4.55. The van der Waals surface area contributed by atoms with E-state index in [-0.39, 0.29) is 12.4 Å². The molecule has 0 aromatic carbocycles. The molecule has 13 heavy (non-hydrogen) atoms. The van der Waals surface area contributed by atoms with Crippen molar-refractivity contribution < 1.29 is 0 Å². The molecule has 0 amide bonds. The fourth-order valence-electron chi connectivity index (χ4n) is 1.10. The van der Waals surface area contributed by atoms with E-state index >= 15 is 0 Å². The second-order valence-corrected chi connectivity index (χ2v) is 2.94. The molecule has 3 nitrogen and oxygen atoms in total. The number of hydrogen-bond acceptors (Lipinski definition) is 2. The number of aromatic nitrogens is 2. The van der Waals surface area contributed by atoms with Crippen molar-refractivity contribution in [3.8, 4) is 0 Å². The number of nitrogens with one attached hydrogen (secondary N) is 1. The minimum absolute atomic E-state index is 0. The fraction of sp³-hybridized carbons (Fsp3) is 0.667. The van der Waals surface area contributed by atoms with Crippen molar-refractivity contribution in [1.82, 2.24) is 9.78 Å². The molecule has 0 saturated heterocycles. The third kappa shape index (κ3) is 3.27. The zero-order chi connectivity index (χ0) is 8.97. The van der Waals surface area contributed by atoms with Crippen LogP contribution in [0.2, 0.25) is 0 Å². The number of halogens is 1. The maximum absolute atomic E-state index is 4.37. The van der Waals surface area contributed by atoms with E-state index in [9.17, 15) is 0 Å². The first-order chi connectivity index (χ1) is 5.77. The van der Waals surface area contributed by atoms with Gasteiger partial charge in [0.15, 0.2) is 5.82 Å². The predicted octanol–water partition coefficient (Wildman–Crippen LogP) is 2.46. The standard InChI is InChI=1S/C9H17N3.ClH/c1-4-6-10-9-8(3)7-12(5-2)11-9;/h7H,4-6H2,1-3H3,(H,10,11);1H. The Morgan fingerprint density at radius 1 is 1.46 bits per heavy atom. The van der Waals surface area contributed by atoms with Crippen LogP contribution in [0.25, 0.3) is 0 Å². The topological polar surface area (TPSA) is 29.9 Å². The average Bonchev–Trinajstić information content (AvgIpc) is 2.43. The molecule has 1 N–H and O–H groups in total. The van der Waals surface area contributed by atoms with Crippen LogP contribution in [-0.4, -0.2) is 16.3 Å². The van der Waals surface area contributed by atoms with Crippen LogP contribution >= 0.6 is 12.4 Å². The van der Waals surface area contributed by atoms with E-state index in [4.69, 9.17) is 0 Å². The van der Waals surface area contributed by atoms with E-state index in [1.807, 2.05) is 4.68 Å². The lowest BCUT2D eigenvalue weighted by Gasteiger charge is -1.99. The first kappa shape index (κ1) is 12.3. The van der Waals surface area contributed by atoms with Crippen molar-refractivity contribution in [3.05, 3.63) is 11.8 Å². The Bertz CT molecular complexity index is 245. The van der Waals surface area contributed by atoms with Crippen LogP contribution in [0, 0.1) is 6.92 Å². The Labute approximate surface area is 85.9 Å². The van der Waals surface area contributed by atoms with Crippen molar-refractivity contribution in [1.29, 1.82) is 0 Å². The number of rotatable bonds is 4. The summed E-state index contributed by atoms with van der Waals surface area (Å²) >= 11 is 0. The summed E-state index contributed by atoms with van der Waals surface area (Å²) in [7, 11) is 0. The Morgan fingerprint density at radius 2 is 2.15 bits per heavy atom. The molecule has 1 aromatic rings. The van der Waals surface area contributed by atoms with Gasteiger partial charge in [-0.25, -0.2) is 0 Å². The summed E-state index contributed by atoms with van der Waals surface area (Å²) in [4.78, 5) is 0. The van der Waals surface area contributed by atoms with E-state index in [1.165, 1.54) is 5.56 Å². The van der Waals surface area contributed by atoms with Gasteiger partial charge in [0, 0.05) is 24.8 Å². The summed E-state index contributed by atoms with van der Waals surface area (Å²) in [6.45, 7) is 8.27. The second-order valence-electron chi connectivity index (χ2n) is 2.94. The van der Waals surface area contributed by atoms with Gasteiger partial charge in [-0.1, -0.05) is 6.92 Å². The van der Waals surface area contributed by atoms with E-state index in [0.717, 1.165) is 25.3 Å². The van der Waals surface area contributed by atoms with Crippen molar-refractivity contribution >= 4 is 18.2 Å². The van der Waals surface area contributed by atoms with E-state index in [1.54, 1.807) is 0 Å². The molecule has 1 heterocycles. The zero-order valence-electron chi connectivity index (χ0n) is 8.50. The SMILES string of the molecule is CCCNc1nn(CC)cc1C.Cl. The highest BCUT2D eigenvalue weighted by Crippen LogP contribution is 2.10. The molecular weight excluding hydrogens is 186 g/mol. The predicted molar refractivity (Wildman–Crippen MR) is 58.7 cm³/mol. The fourth-order valence-corrected chi connectivity index (χ4v) is 1.10. The summed E-state index contributed by atoms with van der Waals surface area (Å²) in [5.41, 5.74) is 1.23.